The van der Waals surface area contributed by atoms with E-state index in [1.165, 1.54) is 0 Å². The van der Waals surface area contributed by atoms with Gasteiger partial charge in [0.15, 0.2) is 6.61 Å². The van der Waals surface area contributed by atoms with E-state index in [1.54, 1.807) is 12.1 Å². The van der Waals surface area contributed by atoms with Crippen LogP contribution in [0.1, 0.15) is 23.7 Å². The molecule has 0 aromatic heterocycles. The van der Waals surface area contributed by atoms with Crippen molar-refractivity contribution in [3.63, 3.8) is 0 Å². The van der Waals surface area contributed by atoms with Gasteiger partial charge in [-0.2, -0.15) is 0 Å². The Balaban J connectivity index is 2.21. The average molecular weight is 192 g/mol. The van der Waals surface area contributed by atoms with E-state index in [0.717, 1.165) is 12.2 Å². The summed E-state index contributed by atoms with van der Waals surface area (Å²) < 4.78 is 10.6. The first-order valence-corrected chi connectivity index (χ1v) is 4.74. The Morgan fingerprint density at radius 2 is 2.36 bits per heavy atom. The van der Waals surface area contributed by atoms with Crippen LogP contribution >= 0.6 is 0 Å². The van der Waals surface area contributed by atoms with E-state index in [-0.39, 0.29) is 12.4 Å². The molecule has 0 atom stereocenters. The molecule has 0 bridgehead atoms. The summed E-state index contributed by atoms with van der Waals surface area (Å²) in [6, 6.07) is 5.36. The summed E-state index contributed by atoms with van der Waals surface area (Å²) in [6.45, 7) is 2.88. The standard InChI is InChI=1S/C11H12O3/c1-2-5-13-8-3-4-11-9(6-8)10(12)7-14-11/h3-4,6H,2,5,7H2,1H3. The number of benzene rings is 1. The van der Waals surface area contributed by atoms with Crippen molar-refractivity contribution in [1.82, 2.24) is 0 Å². The Morgan fingerprint density at radius 1 is 1.50 bits per heavy atom. The highest BCUT2D eigenvalue weighted by molar-refractivity contribution is 6.02. The molecule has 1 aromatic carbocycles. The maximum atomic E-state index is 11.3. The van der Waals surface area contributed by atoms with Crippen LogP contribution in [0.25, 0.3) is 0 Å². The van der Waals surface area contributed by atoms with Gasteiger partial charge in [0.25, 0.3) is 0 Å². The van der Waals surface area contributed by atoms with Gasteiger partial charge in [0.1, 0.15) is 11.5 Å². The second-order valence-electron chi connectivity index (χ2n) is 3.22. The van der Waals surface area contributed by atoms with Crippen LogP contribution in [-0.4, -0.2) is 19.0 Å². The molecule has 0 unspecified atom stereocenters. The molecule has 3 nitrogen and oxygen atoms in total. The van der Waals surface area contributed by atoms with E-state index in [0.29, 0.717) is 17.9 Å². The van der Waals surface area contributed by atoms with Gasteiger partial charge in [-0.25, -0.2) is 0 Å². The summed E-state index contributed by atoms with van der Waals surface area (Å²) in [5.74, 6) is 1.44. The second kappa shape index (κ2) is 3.70. The molecule has 14 heavy (non-hydrogen) atoms. The molecule has 3 heteroatoms. The first-order valence-electron chi connectivity index (χ1n) is 4.74. The van der Waals surface area contributed by atoms with E-state index >= 15 is 0 Å². The molecule has 1 heterocycles. The number of Topliss-reactive ketones (excluding diaryl/α,β-unsaturated/α-hetero) is 1. The van der Waals surface area contributed by atoms with E-state index in [2.05, 4.69) is 0 Å². The number of ketones is 1. The third kappa shape index (κ3) is 1.58. The third-order valence-corrected chi connectivity index (χ3v) is 2.08. The highest BCUT2D eigenvalue weighted by Gasteiger charge is 2.21. The highest BCUT2D eigenvalue weighted by atomic mass is 16.5. The van der Waals surface area contributed by atoms with Crippen molar-refractivity contribution in [2.75, 3.05) is 13.2 Å². The molecular formula is C11H12O3. The SMILES string of the molecule is CCCOc1ccc2c(c1)C(=O)CO2. The molecule has 0 saturated heterocycles. The molecule has 1 aliphatic rings. The van der Waals surface area contributed by atoms with Crippen LogP contribution in [0.3, 0.4) is 0 Å². The van der Waals surface area contributed by atoms with E-state index < -0.39 is 0 Å². The summed E-state index contributed by atoms with van der Waals surface area (Å²) in [6.07, 6.45) is 0.960. The molecule has 2 rings (SSSR count). The quantitative estimate of drug-likeness (QED) is 0.735. The van der Waals surface area contributed by atoms with E-state index in [4.69, 9.17) is 9.47 Å². The maximum absolute atomic E-state index is 11.3. The van der Waals surface area contributed by atoms with Crippen molar-refractivity contribution >= 4 is 5.78 Å². The molecule has 0 N–H and O–H groups in total. The molecule has 74 valence electrons. The normalized spacial score (nSPS) is 13.6. The number of rotatable bonds is 3. The lowest BCUT2D eigenvalue weighted by atomic mass is 10.1. The van der Waals surface area contributed by atoms with Crippen LogP contribution < -0.4 is 9.47 Å². The maximum Gasteiger partial charge on any atom is 0.204 e. The molecular weight excluding hydrogens is 180 g/mol. The van der Waals surface area contributed by atoms with Gasteiger partial charge in [-0.05, 0) is 24.6 Å². The minimum Gasteiger partial charge on any atom is -0.494 e. The summed E-state index contributed by atoms with van der Waals surface area (Å²) in [7, 11) is 0. The number of hydrogen-bond donors (Lipinski definition) is 0. The topological polar surface area (TPSA) is 35.5 Å². The molecule has 1 aliphatic heterocycles. The Labute approximate surface area is 82.6 Å². The minimum absolute atomic E-state index is 0.0296. The van der Waals surface area contributed by atoms with E-state index in [9.17, 15) is 4.79 Å². The lowest BCUT2D eigenvalue weighted by Crippen LogP contribution is -1.99. The highest BCUT2D eigenvalue weighted by Crippen LogP contribution is 2.28. The van der Waals surface area contributed by atoms with Crippen LogP contribution in [0.2, 0.25) is 0 Å². The molecule has 0 aliphatic carbocycles. The fraction of sp³-hybridized carbons (Fsp3) is 0.364. The van der Waals surface area contributed by atoms with E-state index in [1.807, 2.05) is 13.0 Å². The predicted octanol–water partition coefficient (Wildman–Crippen LogP) is 2.05. The van der Waals surface area contributed by atoms with Gasteiger partial charge >= 0.3 is 0 Å². The van der Waals surface area contributed by atoms with Crippen molar-refractivity contribution in [3.05, 3.63) is 23.8 Å². The molecule has 0 amide bonds. The summed E-state index contributed by atoms with van der Waals surface area (Å²) in [5, 5.41) is 0. The van der Waals surface area contributed by atoms with Gasteiger partial charge in [-0.15, -0.1) is 0 Å². The monoisotopic (exact) mass is 192 g/mol. The first kappa shape index (κ1) is 9.06. The average Bonchev–Trinajstić information content (AvgIpc) is 2.57. The minimum atomic E-state index is 0.0296. The molecule has 0 radical (unpaired) electrons. The van der Waals surface area contributed by atoms with Crippen molar-refractivity contribution < 1.29 is 14.3 Å². The molecule has 0 fully saturated rings. The van der Waals surface area contributed by atoms with Crippen molar-refractivity contribution in [2.24, 2.45) is 0 Å². The second-order valence-corrected chi connectivity index (χ2v) is 3.22. The fourth-order valence-electron chi connectivity index (χ4n) is 1.38. The van der Waals surface area contributed by atoms with Crippen LogP contribution in [-0.2, 0) is 0 Å². The largest absolute Gasteiger partial charge is 0.494 e. The Morgan fingerprint density at radius 3 is 3.14 bits per heavy atom. The van der Waals surface area contributed by atoms with Crippen molar-refractivity contribution in [2.45, 2.75) is 13.3 Å². The van der Waals surface area contributed by atoms with Crippen molar-refractivity contribution in [1.29, 1.82) is 0 Å². The summed E-state index contributed by atoms with van der Waals surface area (Å²) in [4.78, 5) is 11.3. The Hall–Kier alpha value is -1.51. The molecule has 1 aromatic rings. The van der Waals surface area contributed by atoms with Crippen LogP contribution in [0.5, 0.6) is 11.5 Å². The molecule has 0 spiro atoms. The zero-order valence-corrected chi connectivity index (χ0v) is 8.08. The smallest absolute Gasteiger partial charge is 0.204 e. The zero-order valence-electron chi connectivity index (χ0n) is 8.08. The number of carbonyl (C=O) groups is 1. The molecule has 0 saturated carbocycles. The number of fused-ring (bicyclic) bond motifs is 1. The fourth-order valence-corrected chi connectivity index (χ4v) is 1.38. The van der Waals surface area contributed by atoms with Gasteiger partial charge < -0.3 is 9.47 Å². The third-order valence-electron chi connectivity index (χ3n) is 2.08. The number of carbonyl (C=O) groups excluding carboxylic acids is 1. The van der Waals surface area contributed by atoms with Gasteiger partial charge in [0.2, 0.25) is 5.78 Å². The predicted molar refractivity (Wildman–Crippen MR) is 52.1 cm³/mol. The van der Waals surface area contributed by atoms with Crippen molar-refractivity contribution in [3.8, 4) is 11.5 Å². The van der Waals surface area contributed by atoms with Crippen LogP contribution in [0.4, 0.5) is 0 Å². The van der Waals surface area contributed by atoms with Crippen LogP contribution in [0.15, 0.2) is 18.2 Å². The van der Waals surface area contributed by atoms with Gasteiger partial charge in [0, 0.05) is 0 Å². The van der Waals surface area contributed by atoms with Gasteiger partial charge in [-0.3, -0.25) is 4.79 Å². The van der Waals surface area contributed by atoms with Crippen LogP contribution in [0, 0.1) is 0 Å². The Kier molecular flexibility index (Phi) is 2.39. The van der Waals surface area contributed by atoms with Gasteiger partial charge in [-0.1, -0.05) is 6.92 Å². The lowest BCUT2D eigenvalue weighted by molar-refractivity contribution is 0.0961. The zero-order chi connectivity index (χ0) is 9.97. The summed E-state index contributed by atoms with van der Waals surface area (Å²) in [5.41, 5.74) is 0.638. The number of ether oxygens (including phenoxy) is 2. The Bertz CT molecular complexity index is 358. The lowest BCUT2D eigenvalue weighted by Gasteiger charge is -2.04. The number of hydrogen-bond acceptors (Lipinski definition) is 3. The first-order chi connectivity index (χ1) is 6.81. The summed E-state index contributed by atoms with van der Waals surface area (Å²) >= 11 is 0. The van der Waals surface area contributed by atoms with Gasteiger partial charge in [0.05, 0.1) is 12.2 Å².